The van der Waals surface area contributed by atoms with Crippen LogP contribution in [0.15, 0.2) is 54.6 Å². The lowest BCUT2D eigenvalue weighted by molar-refractivity contribution is 0.102. The molecule has 0 radical (unpaired) electrons. The minimum Gasteiger partial charge on any atom is -0.338 e. The number of hydrogen-bond acceptors (Lipinski definition) is 3. The van der Waals surface area contributed by atoms with E-state index in [1.54, 1.807) is 24.3 Å². The summed E-state index contributed by atoms with van der Waals surface area (Å²) in [5.74, 6) is -0.190. The third kappa shape index (κ3) is 3.37. The van der Waals surface area contributed by atoms with Crippen molar-refractivity contribution in [3.05, 3.63) is 82.1 Å². The molecule has 4 aromatic rings. The van der Waals surface area contributed by atoms with Crippen molar-refractivity contribution in [2.45, 2.75) is 13.1 Å². The number of hydrogen-bond donors (Lipinski definition) is 3. The number of anilines is 1. The number of carbonyl (C=O) groups is 1. The first-order valence-corrected chi connectivity index (χ1v) is 9.54. The Bertz CT molecular complexity index is 1270. The molecule has 0 atom stereocenters. The molecule has 3 aromatic carbocycles. The zero-order valence-electron chi connectivity index (χ0n) is 15.2. The number of carbonyl (C=O) groups excluding carboxylic acids is 1. The topological polar surface area (TPSA) is 69.8 Å². The fraction of sp³-hybridized carbons (Fsp3) is 0.0909. The summed E-state index contributed by atoms with van der Waals surface area (Å²) < 4.78 is 13.6. The van der Waals surface area contributed by atoms with Gasteiger partial charge in [-0.05, 0) is 47.5 Å². The van der Waals surface area contributed by atoms with E-state index in [9.17, 15) is 9.18 Å². The molecule has 0 bridgehead atoms. The van der Waals surface area contributed by atoms with Crippen LogP contribution in [0.4, 0.5) is 10.1 Å². The van der Waals surface area contributed by atoms with Crippen LogP contribution in [0, 0.1) is 5.82 Å². The summed E-state index contributed by atoms with van der Waals surface area (Å²) >= 11 is 6.23. The van der Waals surface area contributed by atoms with Crippen molar-refractivity contribution in [3.63, 3.8) is 0 Å². The lowest BCUT2D eigenvalue weighted by Crippen LogP contribution is -2.13. The highest BCUT2D eigenvalue weighted by Crippen LogP contribution is 2.28. The van der Waals surface area contributed by atoms with Crippen LogP contribution in [0.3, 0.4) is 0 Å². The van der Waals surface area contributed by atoms with Crippen molar-refractivity contribution in [1.82, 2.24) is 15.3 Å². The van der Waals surface area contributed by atoms with Gasteiger partial charge in [0.05, 0.1) is 11.1 Å². The van der Waals surface area contributed by atoms with E-state index in [2.05, 4.69) is 20.6 Å². The maximum absolute atomic E-state index is 13.6. The van der Waals surface area contributed by atoms with E-state index in [4.69, 9.17) is 11.6 Å². The molecule has 3 N–H and O–H groups in total. The number of fused-ring (bicyclic) bond motifs is 2. The molecule has 1 aromatic heterocycles. The molecule has 5 rings (SSSR count). The summed E-state index contributed by atoms with van der Waals surface area (Å²) in [6.07, 6.45) is 0. The van der Waals surface area contributed by atoms with Crippen molar-refractivity contribution >= 4 is 34.2 Å². The zero-order chi connectivity index (χ0) is 20.0. The van der Waals surface area contributed by atoms with Gasteiger partial charge in [0.15, 0.2) is 0 Å². The monoisotopic (exact) mass is 406 g/mol. The first-order valence-electron chi connectivity index (χ1n) is 9.16. The second-order valence-corrected chi connectivity index (χ2v) is 7.42. The lowest BCUT2D eigenvalue weighted by Gasteiger charge is -2.08. The molecule has 0 aliphatic carbocycles. The Morgan fingerprint density at radius 1 is 1.07 bits per heavy atom. The van der Waals surface area contributed by atoms with Crippen molar-refractivity contribution < 1.29 is 9.18 Å². The number of rotatable bonds is 3. The summed E-state index contributed by atoms with van der Waals surface area (Å²) in [5, 5.41) is 6.62. The van der Waals surface area contributed by atoms with Gasteiger partial charge in [-0.3, -0.25) is 4.79 Å². The number of H-pyrrole nitrogens is 1. The number of nitrogens with one attached hydrogen (secondary N) is 3. The number of amides is 1. The van der Waals surface area contributed by atoms with Gasteiger partial charge in [0.2, 0.25) is 0 Å². The van der Waals surface area contributed by atoms with E-state index in [1.165, 1.54) is 23.3 Å². The molecule has 0 unspecified atom stereocenters. The molecule has 5 nitrogen and oxygen atoms in total. The van der Waals surface area contributed by atoms with Crippen LogP contribution >= 0.6 is 11.6 Å². The molecule has 0 saturated heterocycles. The molecule has 0 spiro atoms. The van der Waals surface area contributed by atoms with E-state index < -0.39 is 0 Å². The van der Waals surface area contributed by atoms with E-state index in [0.717, 1.165) is 13.1 Å². The van der Waals surface area contributed by atoms with Crippen LogP contribution in [0.5, 0.6) is 0 Å². The Labute approximate surface area is 170 Å². The Kier molecular flexibility index (Phi) is 4.30. The SMILES string of the molecule is O=C(Nc1ccc2c(c1)CNC2)c1cc(Cl)cc2[nH]c(-c3cccc(F)c3)nc12. The van der Waals surface area contributed by atoms with Gasteiger partial charge >= 0.3 is 0 Å². The Hall–Kier alpha value is -3.22. The van der Waals surface area contributed by atoms with Crippen LogP contribution in [0.25, 0.3) is 22.4 Å². The van der Waals surface area contributed by atoms with Gasteiger partial charge in [0.25, 0.3) is 5.91 Å². The molecule has 144 valence electrons. The Morgan fingerprint density at radius 2 is 1.93 bits per heavy atom. The van der Waals surface area contributed by atoms with E-state index in [0.29, 0.717) is 38.7 Å². The summed E-state index contributed by atoms with van der Waals surface area (Å²) in [7, 11) is 0. The lowest BCUT2D eigenvalue weighted by atomic mass is 10.1. The van der Waals surface area contributed by atoms with Gasteiger partial charge in [0.1, 0.15) is 17.2 Å². The van der Waals surface area contributed by atoms with Crippen LogP contribution in [0.1, 0.15) is 21.5 Å². The smallest absolute Gasteiger partial charge is 0.257 e. The Morgan fingerprint density at radius 3 is 2.79 bits per heavy atom. The number of halogens is 2. The Balaban J connectivity index is 1.52. The molecule has 1 amide bonds. The van der Waals surface area contributed by atoms with E-state index >= 15 is 0 Å². The average Bonchev–Trinajstić information content (AvgIpc) is 3.33. The highest BCUT2D eigenvalue weighted by Gasteiger charge is 2.18. The highest BCUT2D eigenvalue weighted by molar-refractivity contribution is 6.32. The maximum Gasteiger partial charge on any atom is 0.257 e. The molecule has 29 heavy (non-hydrogen) atoms. The largest absolute Gasteiger partial charge is 0.338 e. The molecule has 1 aliphatic rings. The highest BCUT2D eigenvalue weighted by atomic mass is 35.5. The van der Waals surface area contributed by atoms with Gasteiger partial charge in [-0.2, -0.15) is 0 Å². The molecule has 7 heteroatoms. The molecule has 1 aliphatic heterocycles. The number of imidazole rings is 1. The van der Waals surface area contributed by atoms with Gasteiger partial charge in [-0.1, -0.05) is 29.8 Å². The zero-order valence-corrected chi connectivity index (χ0v) is 16.0. The van der Waals surface area contributed by atoms with Crippen molar-refractivity contribution in [2.24, 2.45) is 0 Å². The first kappa shape index (κ1) is 17.8. The maximum atomic E-state index is 13.6. The van der Waals surface area contributed by atoms with Crippen LogP contribution in [-0.4, -0.2) is 15.9 Å². The summed E-state index contributed by atoms with van der Waals surface area (Å²) in [6.45, 7) is 1.63. The molecular formula is C22H16ClFN4O. The van der Waals surface area contributed by atoms with Crippen molar-refractivity contribution in [2.75, 3.05) is 5.32 Å². The molecular weight excluding hydrogens is 391 g/mol. The van der Waals surface area contributed by atoms with E-state index in [-0.39, 0.29) is 11.7 Å². The van der Waals surface area contributed by atoms with Crippen molar-refractivity contribution in [1.29, 1.82) is 0 Å². The first-order chi connectivity index (χ1) is 14.1. The number of aromatic nitrogens is 2. The summed E-state index contributed by atoms with van der Waals surface area (Å²) in [4.78, 5) is 20.6. The molecule has 2 heterocycles. The third-order valence-electron chi connectivity index (χ3n) is 4.99. The predicted molar refractivity (Wildman–Crippen MR) is 111 cm³/mol. The normalized spacial score (nSPS) is 12.9. The van der Waals surface area contributed by atoms with Gasteiger partial charge in [-0.25, -0.2) is 9.37 Å². The summed E-state index contributed by atoms with van der Waals surface area (Å²) in [5.41, 5.74) is 5.16. The summed E-state index contributed by atoms with van der Waals surface area (Å²) in [6, 6.07) is 15.3. The number of aromatic amines is 1. The third-order valence-corrected chi connectivity index (χ3v) is 5.21. The van der Waals surface area contributed by atoms with E-state index in [1.807, 2.05) is 18.2 Å². The fourth-order valence-electron chi connectivity index (χ4n) is 3.60. The average molecular weight is 407 g/mol. The molecule has 0 saturated carbocycles. The number of benzene rings is 3. The standard InChI is InChI=1S/C22H16ClFN4O/c23-15-8-18(22(29)26-17-5-4-13-10-25-11-14(13)7-17)20-19(9-15)27-21(28-20)12-2-1-3-16(24)6-12/h1-9,25H,10-11H2,(H,26,29)(H,27,28). The minimum atomic E-state index is -0.356. The van der Waals surface area contributed by atoms with Gasteiger partial charge in [-0.15, -0.1) is 0 Å². The second kappa shape index (κ2) is 6.99. The fourth-order valence-corrected chi connectivity index (χ4v) is 3.82. The van der Waals surface area contributed by atoms with Gasteiger partial charge in [0, 0.05) is 29.4 Å². The predicted octanol–water partition coefficient (Wildman–Crippen LogP) is 4.88. The van der Waals surface area contributed by atoms with Crippen LogP contribution in [0.2, 0.25) is 5.02 Å². The number of nitrogens with zero attached hydrogens (tertiary/aromatic N) is 1. The van der Waals surface area contributed by atoms with Crippen molar-refractivity contribution in [3.8, 4) is 11.4 Å². The quantitative estimate of drug-likeness (QED) is 0.454. The van der Waals surface area contributed by atoms with Crippen LogP contribution in [-0.2, 0) is 13.1 Å². The van der Waals surface area contributed by atoms with Crippen LogP contribution < -0.4 is 10.6 Å². The molecule has 0 fully saturated rings. The second-order valence-electron chi connectivity index (χ2n) is 6.99. The minimum absolute atomic E-state index is 0.305. The van der Waals surface area contributed by atoms with Gasteiger partial charge < -0.3 is 15.6 Å².